The Labute approximate surface area is 111 Å². The second kappa shape index (κ2) is 10.1. The van der Waals surface area contributed by atoms with Gasteiger partial charge in [-0.2, -0.15) is 0 Å². The standard InChI is InChI=1S/C13H27N5/c1-12-10-15-8-6-14-7-9-16-11-13(2)18-5-3-4-17-12/h3-5,12-17H,6-11H2,1-2H3/b4-3-,18-5?/t12-,13-/m0/s1. The molecule has 5 heteroatoms. The largest absolute Gasteiger partial charge is 0.387 e. The predicted molar refractivity (Wildman–Crippen MR) is 78.3 cm³/mol. The fraction of sp³-hybridized carbons (Fsp3) is 0.769. The average molecular weight is 253 g/mol. The molecule has 0 unspecified atom stereocenters. The minimum Gasteiger partial charge on any atom is -0.387 e. The minimum absolute atomic E-state index is 0.321. The van der Waals surface area contributed by atoms with Gasteiger partial charge in [0.15, 0.2) is 0 Å². The van der Waals surface area contributed by atoms with Crippen molar-refractivity contribution >= 4 is 6.21 Å². The van der Waals surface area contributed by atoms with Crippen LogP contribution >= 0.6 is 0 Å². The smallest absolute Gasteiger partial charge is 0.0595 e. The van der Waals surface area contributed by atoms with Gasteiger partial charge in [-0.15, -0.1) is 0 Å². The van der Waals surface area contributed by atoms with Gasteiger partial charge in [-0.25, -0.2) is 0 Å². The number of allylic oxidation sites excluding steroid dienone is 1. The van der Waals surface area contributed by atoms with Gasteiger partial charge in [0.1, 0.15) is 0 Å². The zero-order valence-electron chi connectivity index (χ0n) is 11.6. The van der Waals surface area contributed by atoms with Crippen molar-refractivity contribution in [1.82, 2.24) is 21.3 Å². The first-order valence-corrected chi connectivity index (χ1v) is 6.85. The monoisotopic (exact) mass is 253 g/mol. The van der Waals surface area contributed by atoms with E-state index in [1.807, 2.05) is 18.5 Å². The average Bonchev–Trinajstić information content (AvgIpc) is 2.35. The lowest BCUT2D eigenvalue weighted by molar-refractivity contribution is 0.530. The highest BCUT2D eigenvalue weighted by Gasteiger charge is 1.98. The first kappa shape index (κ1) is 15.1. The second-order valence-corrected chi connectivity index (χ2v) is 4.73. The van der Waals surface area contributed by atoms with Crippen molar-refractivity contribution in [3.8, 4) is 0 Å². The van der Waals surface area contributed by atoms with Gasteiger partial charge < -0.3 is 21.3 Å². The molecule has 1 rings (SSSR count). The summed E-state index contributed by atoms with van der Waals surface area (Å²) >= 11 is 0. The summed E-state index contributed by atoms with van der Waals surface area (Å²) in [6, 6.07) is 0.753. The van der Waals surface area contributed by atoms with Crippen molar-refractivity contribution < 1.29 is 0 Å². The molecular weight excluding hydrogens is 226 g/mol. The lowest BCUT2D eigenvalue weighted by Gasteiger charge is -2.14. The summed E-state index contributed by atoms with van der Waals surface area (Å²) in [4.78, 5) is 4.43. The van der Waals surface area contributed by atoms with Gasteiger partial charge in [0.05, 0.1) is 6.04 Å². The Balaban J connectivity index is 2.34. The summed E-state index contributed by atoms with van der Waals surface area (Å²) in [6.45, 7) is 10.2. The summed E-state index contributed by atoms with van der Waals surface area (Å²) in [6.07, 6.45) is 5.78. The molecule has 0 saturated carbocycles. The molecule has 0 amide bonds. The molecule has 0 aromatic carbocycles. The van der Waals surface area contributed by atoms with Gasteiger partial charge in [0.2, 0.25) is 0 Å². The van der Waals surface area contributed by atoms with Crippen LogP contribution in [0.1, 0.15) is 13.8 Å². The molecule has 0 aliphatic carbocycles. The number of hydrogen-bond acceptors (Lipinski definition) is 5. The van der Waals surface area contributed by atoms with Crippen LogP contribution in [0.4, 0.5) is 0 Å². The van der Waals surface area contributed by atoms with Gasteiger partial charge in [0.25, 0.3) is 0 Å². The van der Waals surface area contributed by atoms with E-state index in [1.165, 1.54) is 0 Å². The first-order chi connectivity index (χ1) is 8.79. The van der Waals surface area contributed by atoms with E-state index in [0.29, 0.717) is 12.1 Å². The highest BCUT2D eigenvalue weighted by Crippen LogP contribution is 1.86. The van der Waals surface area contributed by atoms with E-state index in [1.54, 1.807) is 0 Å². The Hall–Kier alpha value is -0.910. The van der Waals surface area contributed by atoms with Crippen LogP contribution in [0.15, 0.2) is 17.3 Å². The van der Waals surface area contributed by atoms with E-state index < -0.39 is 0 Å². The molecule has 104 valence electrons. The quantitative estimate of drug-likeness (QED) is 0.480. The highest BCUT2D eigenvalue weighted by atomic mass is 15.0. The minimum atomic E-state index is 0.321. The molecule has 4 N–H and O–H groups in total. The third kappa shape index (κ3) is 8.22. The molecule has 1 aliphatic rings. The van der Waals surface area contributed by atoms with E-state index in [9.17, 15) is 0 Å². The second-order valence-electron chi connectivity index (χ2n) is 4.73. The highest BCUT2D eigenvalue weighted by molar-refractivity contribution is 5.70. The van der Waals surface area contributed by atoms with Gasteiger partial charge in [0, 0.05) is 51.5 Å². The van der Waals surface area contributed by atoms with Crippen LogP contribution < -0.4 is 21.3 Å². The van der Waals surface area contributed by atoms with Crippen molar-refractivity contribution in [1.29, 1.82) is 0 Å². The van der Waals surface area contributed by atoms with Crippen LogP contribution in [-0.4, -0.2) is 57.6 Å². The summed E-state index contributed by atoms with van der Waals surface area (Å²) in [7, 11) is 0. The van der Waals surface area contributed by atoms with Crippen molar-refractivity contribution in [2.24, 2.45) is 4.99 Å². The molecule has 2 atom stereocenters. The molecule has 0 saturated heterocycles. The molecular formula is C13H27N5. The summed E-state index contributed by atoms with van der Waals surface area (Å²) < 4.78 is 0. The van der Waals surface area contributed by atoms with Crippen LogP contribution in [0, 0.1) is 0 Å². The molecule has 1 heterocycles. The molecule has 0 aromatic heterocycles. The maximum Gasteiger partial charge on any atom is 0.0595 e. The Bertz CT molecular complexity index is 252. The first-order valence-electron chi connectivity index (χ1n) is 6.85. The van der Waals surface area contributed by atoms with E-state index in [4.69, 9.17) is 0 Å². The van der Waals surface area contributed by atoms with Crippen LogP contribution in [0.3, 0.4) is 0 Å². The van der Waals surface area contributed by atoms with Gasteiger partial charge in [-0.1, -0.05) is 0 Å². The van der Waals surface area contributed by atoms with Gasteiger partial charge in [-0.3, -0.25) is 4.99 Å². The van der Waals surface area contributed by atoms with Crippen molar-refractivity contribution in [3.05, 3.63) is 12.3 Å². The van der Waals surface area contributed by atoms with E-state index >= 15 is 0 Å². The topological polar surface area (TPSA) is 60.5 Å². The fourth-order valence-corrected chi connectivity index (χ4v) is 1.68. The van der Waals surface area contributed by atoms with Gasteiger partial charge in [-0.05, 0) is 26.1 Å². The molecule has 18 heavy (non-hydrogen) atoms. The van der Waals surface area contributed by atoms with Crippen molar-refractivity contribution in [2.75, 3.05) is 39.3 Å². The summed E-state index contributed by atoms with van der Waals surface area (Å²) in [5, 5.41) is 13.5. The number of aliphatic imine (C=N–C) groups is 1. The Morgan fingerprint density at radius 1 is 0.944 bits per heavy atom. The number of nitrogens with zero attached hydrogens (tertiary/aromatic N) is 1. The van der Waals surface area contributed by atoms with E-state index in [-0.39, 0.29) is 0 Å². The molecule has 0 fully saturated rings. The Kier molecular flexibility index (Phi) is 8.46. The third-order valence-corrected chi connectivity index (χ3v) is 2.75. The molecule has 0 radical (unpaired) electrons. The van der Waals surface area contributed by atoms with Crippen LogP contribution in [0.2, 0.25) is 0 Å². The molecule has 0 aromatic rings. The van der Waals surface area contributed by atoms with Gasteiger partial charge >= 0.3 is 0 Å². The van der Waals surface area contributed by atoms with Crippen molar-refractivity contribution in [3.63, 3.8) is 0 Å². The zero-order valence-corrected chi connectivity index (χ0v) is 11.6. The maximum absolute atomic E-state index is 4.43. The van der Waals surface area contributed by atoms with Crippen LogP contribution in [-0.2, 0) is 0 Å². The van der Waals surface area contributed by atoms with E-state index in [0.717, 1.165) is 39.3 Å². The number of nitrogens with one attached hydrogen (secondary N) is 4. The normalized spacial score (nSPS) is 30.6. The number of rotatable bonds is 0. The Morgan fingerprint density at radius 2 is 1.61 bits per heavy atom. The zero-order chi connectivity index (χ0) is 13.1. The lowest BCUT2D eigenvalue weighted by Crippen LogP contribution is -2.38. The Morgan fingerprint density at radius 3 is 2.39 bits per heavy atom. The van der Waals surface area contributed by atoms with E-state index in [2.05, 4.69) is 40.1 Å². The molecule has 5 nitrogen and oxygen atoms in total. The predicted octanol–water partition coefficient (Wildman–Crippen LogP) is -0.280. The fourth-order valence-electron chi connectivity index (χ4n) is 1.68. The third-order valence-electron chi connectivity index (χ3n) is 2.75. The molecule has 1 aliphatic heterocycles. The van der Waals surface area contributed by atoms with Crippen molar-refractivity contribution in [2.45, 2.75) is 25.9 Å². The summed E-state index contributed by atoms with van der Waals surface area (Å²) in [5.41, 5.74) is 0. The maximum atomic E-state index is 4.43. The lowest BCUT2D eigenvalue weighted by atomic mass is 10.3. The molecule has 0 spiro atoms. The summed E-state index contributed by atoms with van der Waals surface area (Å²) in [5.74, 6) is 0. The molecule has 0 bridgehead atoms. The number of hydrogen-bond donors (Lipinski definition) is 4. The van der Waals surface area contributed by atoms with Crippen LogP contribution in [0.25, 0.3) is 0 Å². The SMILES string of the molecule is C[C@H]1CNCCNCCNC[C@H](C)N/C=C\C=N1. The van der Waals surface area contributed by atoms with Crippen LogP contribution in [0.5, 0.6) is 0 Å².